The van der Waals surface area contributed by atoms with E-state index >= 15 is 4.39 Å². The SMILES string of the molecule is CCCNC(=O)c1nnc2c(-c3cc(-c4cnnc5c4ncn5CC)ccc3F)cccc2c1NC. The van der Waals surface area contributed by atoms with Crippen molar-refractivity contribution in [2.45, 2.75) is 26.8 Å². The smallest absolute Gasteiger partial charge is 0.273 e. The summed E-state index contributed by atoms with van der Waals surface area (Å²) in [6.45, 7) is 5.23. The summed E-state index contributed by atoms with van der Waals surface area (Å²) in [5, 5.41) is 23.5. The number of anilines is 1. The van der Waals surface area contributed by atoms with Crippen molar-refractivity contribution in [3.8, 4) is 22.3 Å². The van der Waals surface area contributed by atoms with Gasteiger partial charge in [0.2, 0.25) is 0 Å². The Morgan fingerprint density at radius 2 is 1.89 bits per heavy atom. The van der Waals surface area contributed by atoms with E-state index in [-0.39, 0.29) is 11.6 Å². The first kappa shape index (κ1) is 23.3. The number of carbonyl (C=O) groups is 1. The van der Waals surface area contributed by atoms with Crippen LogP contribution in [-0.2, 0) is 6.54 Å². The lowest BCUT2D eigenvalue weighted by atomic mass is 9.96. The highest BCUT2D eigenvalue weighted by Gasteiger charge is 2.20. The van der Waals surface area contributed by atoms with Crippen LogP contribution in [0.1, 0.15) is 30.8 Å². The number of aromatic nitrogens is 6. The number of fused-ring (bicyclic) bond motifs is 2. The number of amides is 1. The average Bonchev–Trinajstić information content (AvgIpc) is 3.34. The fraction of sp³-hybridized carbons (Fsp3) is 0.231. The second kappa shape index (κ2) is 9.65. The number of halogens is 1. The van der Waals surface area contributed by atoms with Crippen molar-refractivity contribution in [1.29, 1.82) is 0 Å². The number of nitrogens with zero attached hydrogens (tertiary/aromatic N) is 6. The summed E-state index contributed by atoms with van der Waals surface area (Å²) < 4.78 is 17.1. The first-order valence-electron chi connectivity index (χ1n) is 11.8. The molecule has 9 nitrogen and oxygen atoms in total. The van der Waals surface area contributed by atoms with Crippen molar-refractivity contribution in [1.82, 2.24) is 35.3 Å². The molecule has 0 radical (unpaired) electrons. The van der Waals surface area contributed by atoms with Crippen molar-refractivity contribution in [3.63, 3.8) is 0 Å². The molecule has 0 spiro atoms. The molecule has 0 atom stereocenters. The molecule has 2 N–H and O–H groups in total. The predicted molar refractivity (Wildman–Crippen MR) is 137 cm³/mol. The third-order valence-electron chi connectivity index (χ3n) is 6.11. The maximum atomic E-state index is 15.2. The Hall–Kier alpha value is -4.47. The Morgan fingerprint density at radius 3 is 2.67 bits per heavy atom. The van der Waals surface area contributed by atoms with Gasteiger partial charge in [0.25, 0.3) is 5.91 Å². The lowest BCUT2D eigenvalue weighted by molar-refractivity contribution is 0.0949. The first-order chi connectivity index (χ1) is 17.6. The van der Waals surface area contributed by atoms with E-state index in [1.54, 1.807) is 37.8 Å². The molecule has 5 rings (SSSR count). The molecule has 0 fully saturated rings. The molecule has 0 aliphatic carbocycles. The van der Waals surface area contributed by atoms with Gasteiger partial charge in [0.1, 0.15) is 16.9 Å². The van der Waals surface area contributed by atoms with Crippen LogP contribution in [0.4, 0.5) is 10.1 Å². The van der Waals surface area contributed by atoms with E-state index in [1.807, 2.05) is 30.5 Å². The molecular formula is C26H25FN8O. The van der Waals surface area contributed by atoms with Gasteiger partial charge in [0.05, 0.1) is 18.2 Å². The molecular weight excluding hydrogens is 459 g/mol. The summed E-state index contributed by atoms with van der Waals surface area (Å²) in [5.74, 6) is -0.712. The molecule has 182 valence electrons. The lowest BCUT2D eigenvalue weighted by Gasteiger charge is -2.14. The minimum absolute atomic E-state index is 0.196. The van der Waals surface area contributed by atoms with Gasteiger partial charge in [0, 0.05) is 42.2 Å². The van der Waals surface area contributed by atoms with E-state index in [0.717, 1.165) is 17.5 Å². The summed E-state index contributed by atoms with van der Waals surface area (Å²) in [5.41, 5.74) is 5.02. The van der Waals surface area contributed by atoms with Gasteiger partial charge in [-0.2, -0.15) is 5.10 Å². The Kier molecular flexibility index (Phi) is 6.24. The van der Waals surface area contributed by atoms with Gasteiger partial charge in [-0.3, -0.25) is 4.79 Å². The molecule has 3 heterocycles. The summed E-state index contributed by atoms with van der Waals surface area (Å²) in [4.78, 5) is 17.1. The van der Waals surface area contributed by atoms with Crippen LogP contribution >= 0.6 is 0 Å². The topological polar surface area (TPSA) is 111 Å². The zero-order valence-corrected chi connectivity index (χ0v) is 20.2. The van der Waals surface area contributed by atoms with Crippen molar-refractivity contribution in [3.05, 3.63) is 60.4 Å². The zero-order chi connectivity index (χ0) is 25.2. The number of benzene rings is 2. The largest absolute Gasteiger partial charge is 0.386 e. The van der Waals surface area contributed by atoms with E-state index < -0.39 is 5.82 Å². The number of imidazole rings is 1. The highest BCUT2D eigenvalue weighted by Crippen LogP contribution is 2.36. The highest BCUT2D eigenvalue weighted by molar-refractivity contribution is 6.08. The summed E-state index contributed by atoms with van der Waals surface area (Å²) in [6.07, 6.45) is 4.16. The van der Waals surface area contributed by atoms with Crippen molar-refractivity contribution in [2.24, 2.45) is 0 Å². The number of hydrogen-bond donors (Lipinski definition) is 2. The summed E-state index contributed by atoms with van der Waals surface area (Å²) in [7, 11) is 1.72. The predicted octanol–water partition coefficient (Wildman–Crippen LogP) is 4.44. The molecule has 0 bridgehead atoms. The van der Waals surface area contributed by atoms with Gasteiger partial charge in [-0.1, -0.05) is 31.2 Å². The molecule has 0 saturated heterocycles. The Labute approximate surface area is 206 Å². The molecule has 0 unspecified atom stereocenters. The molecule has 36 heavy (non-hydrogen) atoms. The fourth-order valence-corrected chi connectivity index (χ4v) is 4.30. The Balaban J connectivity index is 1.66. The van der Waals surface area contributed by atoms with Gasteiger partial charge in [-0.15, -0.1) is 15.3 Å². The van der Waals surface area contributed by atoms with Gasteiger partial charge >= 0.3 is 0 Å². The van der Waals surface area contributed by atoms with Gasteiger partial charge in [0.15, 0.2) is 11.3 Å². The third kappa shape index (κ3) is 3.90. The standard InChI is InChI=1S/C26H25FN8O/c1-4-11-29-26(36)24-22(28-3)17-8-6-7-16(21(17)32-33-24)18-12-15(9-10-20(18)27)19-13-31-34-25-23(19)30-14-35(25)5-2/h6-10,12-14H,4-5,11H2,1-3H3,(H,28,32)(H,29,36). The molecule has 5 aromatic rings. The normalized spacial score (nSPS) is 11.2. The van der Waals surface area contributed by atoms with Crippen molar-refractivity contribution >= 4 is 33.7 Å². The van der Waals surface area contributed by atoms with Gasteiger partial charge in [-0.25, -0.2) is 9.37 Å². The second-order valence-corrected chi connectivity index (χ2v) is 8.29. The fourth-order valence-electron chi connectivity index (χ4n) is 4.30. The van der Waals surface area contributed by atoms with E-state index in [1.165, 1.54) is 6.07 Å². The third-order valence-corrected chi connectivity index (χ3v) is 6.11. The van der Waals surface area contributed by atoms with Crippen LogP contribution in [0.5, 0.6) is 0 Å². The number of aryl methyl sites for hydroxylation is 1. The monoisotopic (exact) mass is 484 g/mol. The minimum Gasteiger partial charge on any atom is -0.386 e. The molecule has 1 amide bonds. The van der Waals surface area contributed by atoms with Crippen LogP contribution < -0.4 is 10.6 Å². The first-order valence-corrected chi connectivity index (χ1v) is 11.8. The van der Waals surface area contributed by atoms with Crippen LogP contribution in [0.15, 0.2) is 48.9 Å². The summed E-state index contributed by atoms with van der Waals surface area (Å²) in [6, 6.07) is 10.3. The van der Waals surface area contributed by atoms with E-state index in [9.17, 15) is 4.79 Å². The second-order valence-electron chi connectivity index (χ2n) is 8.29. The van der Waals surface area contributed by atoms with Crippen molar-refractivity contribution < 1.29 is 9.18 Å². The van der Waals surface area contributed by atoms with Gasteiger partial charge in [-0.05, 0) is 31.0 Å². The molecule has 0 aliphatic rings. The molecule has 0 saturated carbocycles. The van der Waals surface area contributed by atoms with Crippen LogP contribution in [0, 0.1) is 5.82 Å². The number of nitrogens with one attached hydrogen (secondary N) is 2. The maximum absolute atomic E-state index is 15.2. The van der Waals surface area contributed by atoms with Gasteiger partial charge < -0.3 is 15.2 Å². The Bertz CT molecular complexity index is 1600. The average molecular weight is 485 g/mol. The van der Waals surface area contributed by atoms with E-state index in [0.29, 0.717) is 52.0 Å². The Morgan fingerprint density at radius 1 is 1.03 bits per heavy atom. The number of carbonyl (C=O) groups excluding carboxylic acids is 1. The molecule has 2 aromatic carbocycles. The van der Waals surface area contributed by atoms with Crippen LogP contribution in [0.25, 0.3) is 44.3 Å². The minimum atomic E-state index is -0.402. The zero-order valence-electron chi connectivity index (χ0n) is 20.2. The van der Waals surface area contributed by atoms with Crippen LogP contribution in [0.2, 0.25) is 0 Å². The summed E-state index contributed by atoms with van der Waals surface area (Å²) >= 11 is 0. The van der Waals surface area contributed by atoms with Crippen molar-refractivity contribution in [2.75, 3.05) is 18.9 Å². The number of hydrogen-bond acceptors (Lipinski definition) is 7. The molecule has 0 aliphatic heterocycles. The highest BCUT2D eigenvalue weighted by atomic mass is 19.1. The molecule has 10 heteroatoms. The quantitative estimate of drug-likeness (QED) is 0.351. The van der Waals surface area contributed by atoms with Crippen LogP contribution in [-0.4, -0.2) is 49.4 Å². The molecule has 3 aromatic heterocycles. The van der Waals surface area contributed by atoms with E-state index in [2.05, 4.69) is 36.0 Å². The number of rotatable bonds is 7. The van der Waals surface area contributed by atoms with Crippen LogP contribution in [0.3, 0.4) is 0 Å². The maximum Gasteiger partial charge on any atom is 0.273 e. The lowest BCUT2D eigenvalue weighted by Crippen LogP contribution is -2.26. The van der Waals surface area contributed by atoms with E-state index in [4.69, 9.17) is 0 Å².